The summed E-state index contributed by atoms with van der Waals surface area (Å²) in [4.78, 5) is 17.8. The molecule has 3 aromatic rings. The van der Waals surface area contributed by atoms with Crippen LogP contribution in [0.2, 0.25) is 5.02 Å². The molecule has 3 aromatic carbocycles. The first-order valence-corrected chi connectivity index (χ1v) is 13.4. The third kappa shape index (κ3) is 4.89. The Hall–Kier alpha value is -3.06. The Labute approximate surface area is 229 Å². The molecule has 200 valence electrons. The smallest absolute Gasteiger partial charge is 0.232 e. The van der Waals surface area contributed by atoms with Gasteiger partial charge in [-0.3, -0.25) is 4.79 Å². The van der Waals surface area contributed by atoms with Crippen LogP contribution in [-0.2, 0) is 16.8 Å². The summed E-state index contributed by atoms with van der Waals surface area (Å²) >= 11 is 6.22. The number of ether oxygens (including phenoxy) is 2. The van der Waals surface area contributed by atoms with E-state index in [1.165, 1.54) is 0 Å². The van der Waals surface area contributed by atoms with Crippen molar-refractivity contribution in [2.24, 2.45) is 5.92 Å². The van der Waals surface area contributed by atoms with Gasteiger partial charge in [0.2, 0.25) is 5.91 Å². The molecule has 38 heavy (non-hydrogen) atoms. The van der Waals surface area contributed by atoms with Crippen molar-refractivity contribution in [1.29, 1.82) is 0 Å². The molecule has 1 N–H and O–H groups in total. The first kappa shape index (κ1) is 26.5. The summed E-state index contributed by atoms with van der Waals surface area (Å²) in [6, 6.07) is 18.9. The molecular formula is C31H35ClN2O4. The van der Waals surface area contributed by atoms with Gasteiger partial charge in [0, 0.05) is 29.7 Å². The SMILES string of the molecule is COc1cc2c(cc1OC(C)C)[C@H](c1ccc(Cl)cc1)N(c1ccc(C(C)(O)C3CN(C)C3)cc1)C(=O)C2. The Morgan fingerprint density at radius 2 is 1.68 bits per heavy atom. The number of methoxy groups -OCH3 is 1. The topological polar surface area (TPSA) is 62.2 Å². The van der Waals surface area contributed by atoms with Crippen molar-refractivity contribution in [2.75, 3.05) is 32.1 Å². The molecule has 0 bridgehead atoms. The molecule has 6 nitrogen and oxygen atoms in total. The molecule has 0 saturated carbocycles. The first-order valence-electron chi connectivity index (χ1n) is 13.0. The average Bonchev–Trinajstić information content (AvgIpc) is 2.86. The third-order valence-electron chi connectivity index (χ3n) is 7.73. The lowest BCUT2D eigenvalue weighted by Gasteiger charge is -2.45. The lowest BCUT2D eigenvalue weighted by molar-refractivity contribution is -0.118. The quantitative estimate of drug-likeness (QED) is 0.428. The second-order valence-electron chi connectivity index (χ2n) is 10.9. The maximum Gasteiger partial charge on any atom is 0.232 e. The van der Waals surface area contributed by atoms with Crippen LogP contribution in [0.1, 0.15) is 49.1 Å². The first-order chi connectivity index (χ1) is 18.1. The van der Waals surface area contributed by atoms with Gasteiger partial charge >= 0.3 is 0 Å². The number of carbonyl (C=O) groups excluding carboxylic acids is 1. The van der Waals surface area contributed by atoms with Crippen molar-refractivity contribution in [2.45, 2.75) is 44.9 Å². The minimum absolute atomic E-state index is 0.0165. The molecule has 2 heterocycles. The van der Waals surface area contributed by atoms with E-state index in [9.17, 15) is 9.90 Å². The second kappa shape index (κ2) is 10.3. The summed E-state index contributed by atoms with van der Waals surface area (Å²) < 4.78 is 11.7. The van der Waals surface area contributed by atoms with Crippen LogP contribution < -0.4 is 14.4 Å². The molecule has 1 fully saturated rings. The van der Waals surface area contributed by atoms with E-state index in [4.69, 9.17) is 21.1 Å². The zero-order chi connectivity index (χ0) is 27.2. The molecule has 5 rings (SSSR count). The third-order valence-corrected chi connectivity index (χ3v) is 7.98. The lowest BCUT2D eigenvalue weighted by Crippen LogP contribution is -2.53. The van der Waals surface area contributed by atoms with E-state index in [-0.39, 0.29) is 30.4 Å². The number of nitrogens with zero attached hydrogens (tertiary/aromatic N) is 2. The number of halogens is 1. The zero-order valence-corrected chi connectivity index (χ0v) is 23.3. The normalized spacial score (nSPS) is 19.6. The van der Waals surface area contributed by atoms with Crippen LogP contribution >= 0.6 is 11.6 Å². The molecule has 0 radical (unpaired) electrons. The number of hydrogen-bond donors (Lipinski definition) is 1. The van der Waals surface area contributed by atoms with Crippen molar-refractivity contribution in [3.05, 3.63) is 87.9 Å². The van der Waals surface area contributed by atoms with Gasteiger partial charge in [0.05, 0.1) is 31.3 Å². The summed E-state index contributed by atoms with van der Waals surface area (Å²) in [7, 11) is 3.67. The van der Waals surface area contributed by atoms with Crippen LogP contribution in [0.25, 0.3) is 0 Å². The summed E-state index contributed by atoms with van der Waals surface area (Å²) in [6.45, 7) is 7.55. The number of amides is 1. The predicted octanol–water partition coefficient (Wildman–Crippen LogP) is 5.58. The molecule has 7 heteroatoms. The van der Waals surface area contributed by atoms with Gasteiger partial charge in [-0.25, -0.2) is 0 Å². The Kier molecular flexibility index (Phi) is 7.16. The van der Waals surface area contributed by atoms with Gasteiger partial charge in [0.25, 0.3) is 0 Å². The van der Waals surface area contributed by atoms with Gasteiger partial charge in [0.1, 0.15) is 0 Å². The van der Waals surface area contributed by atoms with Gasteiger partial charge in [-0.05, 0) is 86.5 Å². The van der Waals surface area contributed by atoms with Gasteiger partial charge < -0.3 is 24.4 Å². The zero-order valence-electron chi connectivity index (χ0n) is 22.6. The summed E-state index contributed by atoms with van der Waals surface area (Å²) in [6.07, 6.45) is 0.207. The van der Waals surface area contributed by atoms with Gasteiger partial charge in [-0.15, -0.1) is 0 Å². The van der Waals surface area contributed by atoms with E-state index in [0.29, 0.717) is 16.5 Å². The number of anilines is 1. The largest absolute Gasteiger partial charge is 0.493 e. The average molecular weight is 535 g/mol. The maximum atomic E-state index is 13.7. The number of hydrogen-bond acceptors (Lipinski definition) is 5. The van der Waals surface area contributed by atoms with Gasteiger partial charge in [-0.1, -0.05) is 35.9 Å². The fraction of sp³-hybridized carbons (Fsp3) is 0.387. The van der Waals surface area contributed by atoms with Crippen molar-refractivity contribution < 1.29 is 19.4 Å². The highest BCUT2D eigenvalue weighted by Crippen LogP contribution is 2.44. The molecule has 2 aliphatic rings. The molecule has 0 aromatic heterocycles. The van der Waals surface area contributed by atoms with E-state index in [0.717, 1.165) is 41.0 Å². The standard InChI is InChI=1S/C31H35ClN2O4/c1-19(2)38-28-16-26-21(14-27(28)37-5)15-29(35)34(30(26)20-6-10-24(32)11-7-20)25-12-8-22(9-13-25)31(3,36)23-17-33(4)18-23/h6-14,16,19,23,30,36H,15,17-18H2,1-5H3/t30-,31?/m0/s1. The van der Waals surface area contributed by atoms with Gasteiger partial charge in [-0.2, -0.15) is 0 Å². The van der Waals surface area contributed by atoms with Crippen LogP contribution in [-0.4, -0.2) is 49.3 Å². The lowest BCUT2D eigenvalue weighted by atomic mass is 9.78. The Morgan fingerprint density at radius 1 is 1.03 bits per heavy atom. The van der Waals surface area contributed by atoms with Gasteiger partial charge in [0.15, 0.2) is 11.5 Å². The van der Waals surface area contributed by atoms with E-state index in [1.54, 1.807) is 7.11 Å². The molecule has 1 amide bonds. The molecule has 1 unspecified atom stereocenters. The molecule has 2 aliphatic heterocycles. The highest BCUT2D eigenvalue weighted by atomic mass is 35.5. The number of aliphatic hydroxyl groups is 1. The number of carbonyl (C=O) groups is 1. The maximum absolute atomic E-state index is 13.7. The number of fused-ring (bicyclic) bond motifs is 1. The highest BCUT2D eigenvalue weighted by molar-refractivity contribution is 6.30. The molecule has 1 saturated heterocycles. The fourth-order valence-electron chi connectivity index (χ4n) is 5.58. The highest BCUT2D eigenvalue weighted by Gasteiger charge is 2.41. The minimum atomic E-state index is -0.932. The van der Waals surface area contributed by atoms with E-state index >= 15 is 0 Å². The predicted molar refractivity (Wildman–Crippen MR) is 150 cm³/mol. The van der Waals surface area contributed by atoms with Crippen molar-refractivity contribution >= 4 is 23.2 Å². The van der Waals surface area contributed by atoms with Crippen LogP contribution in [0.4, 0.5) is 5.69 Å². The molecular weight excluding hydrogens is 500 g/mol. The van der Waals surface area contributed by atoms with Crippen LogP contribution in [0.5, 0.6) is 11.5 Å². The molecule has 2 atom stereocenters. The second-order valence-corrected chi connectivity index (χ2v) is 11.3. The summed E-state index contributed by atoms with van der Waals surface area (Å²) in [5, 5.41) is 11.9. The van der Waals surface area contributed by atoms with Crippen molar-refractivity contribution in [3.63, 3.8) is 0 Å². The molecule has 0 spiro atoms. The Balaban J connectivity index is 1.59. The van der Waals surface area contributed by atoms with Crippen molar-refractivity contribution in [3.8, 4) is 11.5 Å². The van der Waals surface area contributed by atoms with E-state index < -0.39 is 5.60 Å². The monoisotopic (exact) mass is 534 g/mol. The van der Waals surface area contributed by atoms with Crippen LogP contribution in [0.3, 0.4) is 0 Å². The number of benzene rings is 3. The van der Waals surface area contributed by atoms with Crippen LogP contribution in [0.15, 0.2) is 60.7 Å². The van der Waals surface area contributed by atoms with Crippen LogP contribution in [0, 0.1) is 5.92 Å². The van der Waals surface area contributed by atoms with E-state index in [2.05, 4.69) is 11.9 Å². The minimum Gasteiger partial charge on any atom is -0.493 e. The number of likely N-dealkylation sites (tertiary alicyclic amines) is 1. The fourth-order valence-corrected chi connectivity index (χ4v) is 5.70. The Bertz CT molecular complexity index is 1310. The number of rotatable bonds is 7. The summed E-state index contributed by atoms with van der Waals surface area (Å²) in [5.41, 5.74) is 3.53. The Morgan fingerprint density at radius 3 is 2.26 bits per heavy atom. The molecule has 0 aliphatic carbocycles. The van der Waals surface area contributed by atoms with Crippen molar-refractivity contribution in [1.82, 2.24) is 4.90 Å². The van der Waals surface area contributed by atoms with E-state index in [1.807, 2.05) is 86.3 Å². The summed E-state index contributed by atoms with van der Waals surface area (Å²) in [5.74, 6) is 1.42.